The van der Waals surface area contributed by atoms with Crippen LogP contribution in [0.2, 0.25) is 0 Å². The van der Waals surface area contributed by atoms with E-state index in [9.17, 15) is 9.59 Å². The van der Waals surface area contributed by atoms with Crippen molar-refractivity contribution in [1.29, 1.82) is 0 Å². The second-order valence-electron chi connectivity index (χ2n) is 5.26. The van der Waals surface area contributed by atoms with Crippen LogP contribution in [0.1, 0.15) is 48.5 Å². The first-order valence-electron chi connectivity index (χ1n) is 4.79. The first-order chi connectivity index (χ1) is 6.36. The average molecular weight is 218 g/mol. The summed E-state index contributed by atoms with van der Waals surface area (Å²) in [6.07, 6.45) is 0. The highest BCUT2D eigenvalue weighted by atomic mass is 16.6. The molecule has 0 amide bonds. The van der Waals surface area contributed by atoms with E-state index in [1.807, 2.05) is 20.8 Å². The van der Waals surface area contributed by atoms with Gasteiger partial charge in [-0.05, 0) is 41.5 Å². The average Bonchev–Trinajstić information content (AvgIpc) is 1.78. The molecule has 4 nitrogen and oxygen atoms in total. The Labute approximate surface area is 91.6 Å². The Morgan fingerprint density at radius 2 is 1.27 bits per heavy atom. The number of aliphatic carboxylic acids is 1. The summed E-state index contributed by atoms with van der Waals surface area (Å²) in [6.45, 7) is 11.9. The Balaban J connectivity index is 0. The van der Waals surface area contributed by atoms with Gasteiger partial charge in [0.05, 0.1) is 5.41 Å². The number of ether oxygens (including phenoxy) is 1. The van der Waals surface area contributed by atoms with Gasteiger partial charge in [-0.3, -0.25) is 9.59 Å². The van der Waals surface area contributed by atoms with Crippen LogP contribution in [0.4, 0.5) is 0 Å². The van der Waals surface area contributed by atoms with Crippen LogP contribution in [0.15, 0.2) is 0 Å². The lowest BCUT2D eigenvalue weighted by Gasteiger charge is -2.17. The van der Waals surface area contributed by atoms with E-state index in [1.165, 1.54) is 6.92 Å². The van der Waals surface area contributed by atoms with Gasteiger partial charge in [0.15, 0.2) is 0 Å². The highest BCUT2D eigenvalue weighted by Crippen LogP contribution is 2.11. The summed E-state index contributed by atoms with van der Waals surface area (Å²) in [7, 11) is 0. The van der Waals surface area contributed by atoms with E-state index in [4.69, 9.17) is 9.84 Å². The summed E-state index contributed by atoms with van der Waals surface area (Å²) in [6, 6.07) is 0. The third-order valence-corrected chi connectivity index (χ3v) is 1.09. The van der Waals surface area contributed by atoms with Crippen molar-refractivity contribution in [2.45, 2.75) is 54.1 Å². The molecule has 0 aromatic heterocycles. The minimum atomic E-state index is -0.757. The number of carbonyl (C=O) groups is 2. The van der Waals surface area contributed by atoms with Crippen molar-refractivity contribution in [2.24, 2.45) is 5.41 Å². The normalized spacial score (nSPS) is 11.1. The van der Waals surface area contributed by atoms with E-state index < -0.39 is 11.4 Å². The summed E-state index contributed by atoms with van der Waals surface area (Å²) in [5.41, 5.74) is -0.911. The van der Waals surface area contributed by atoms with Crippen LogP contribution < -0.4 is 0 Å². The molecular weight excluding hydrogens is 196 g/mol. The van der Waals surface area contributed by atoms with Crippen molar-refractivity contribution in [3.8, 4) is 0 Å². The second kappa shape index (κ2) is 5.73. The van der Waals surface area contributed by atoms with Crippen molar-refractivity contribution in [1.82, 2.24) is 0 Å². The molecule has 0 aromatic rings. The number of carboxylic acid groups (broad SMARTS) is 1. The molecule has 0 saturated heterocycles. The van der Waals surface area contributed by atoms with Gasteiger partial charge in [0.1, 0.15) is 5.60 Å². The van der Waals surface area contributed by atoms with Crippen LogP contribution in [0.3, 0.4) is 0 Å². The Bertz CT molecular complexity index is 218. The van der Waals surface area contributed by atoms with Gasteiger partial charge in [-0.2, -0.15) is 0 Å². The van der Waals surface area contributed by atoms with Crippen LogP contribution >= 0.6 is 0 Å². The molecule has 0 heterocycles. The highest BCUT2D eigenvalue weighted by Gasteiger charge is 2.18. The zero-order valence-corrected chi connectivity index (χ0v) is 10.7. The van der Waals surface area contributed by atoms with Crippen molar-refractivity contribution in [2.75, 3.05) is 0 Å². The van der Waals surface area contributed by atoms with Gasteiger partial charge < -0.3 is 9.84 Å². The number of rotatable bonds is 0. The molecular formula is C11H22O4. The van der Waals surface area contributed by atoms with Crippen LogP contribution in [-0.4, -0.2) is 22.6 Å². The van der Waals surface area contributed by atoms with E-state index >= 15 is 0 Å². The maximum Gasteiger partial charge on any atom is 0.308 e. The molecule has 0 radical (unpaired) electrons. The number of carbonyl (C=O) groups excluding carboxylic acids is 1. The van der Waals surface area contributed by atoms with Crippen molar-refractivity contribution < 1.29 is 19.4 Å². The fourth-order valence-electron chi connectivity index (χ4n) is 0.431. The summed E-state index contributed by atoms with van der Waals surface area (Å²) >= 11 is 0. The summed E-state index contributed by atoms with van der Waals surface area (Å²) in [5.74, 6) is -0.981. The van der Waals surface area contributed by atoms with Gasteiger partial charge in [0, 0.05) is 6.92 Å². The SMILES string of the molecule is CC(=O)OC(C)(C)C.CC(C)(C)C(=O)O. The molecule has 1 N–H and O–H groups in total. The van der Waals surface area contributed by atoms with Crippen molar-refractivity contribution in [3.63, 3.8) is 0 Å². The molecule has 0 aliphatic heterocycles. The van der Waals surface area contributed by atoms with Gasteiger partial charge in [-0.25, -0.2) is 0 Å². The van der Waals surface area contributed by atoms with Crippen LogP contribution in [0.25, 0.3) is 0 Å². The zero-order valence-electron chi connectivity index (χ0n) is 10.7. The fourth-order valence-corrected chi connectivity index (χ4v) is 0.431. The lowest BCUT2D eigenvalue weighted by Crippen LogP contribution is -2.21. The summed E-state index contributed by atoms with van der Waals surface area (Å²) in [4.78, 5) is 20.3. The maximum absolute atomic E-state index is 10.2. The number of hydrogen-bond acceptors (Lipinski definition) is 3. The summed E-state index contributed by atoms with van der Waals surface area (Å²) < 4.78 is 4.80. The van der Waals surface area contributed by atoms with E-state index in [1.54, 1.807) is 20.8 Å². The highest BCUT2D eigenvalue weighted by molar-refractivity contribution is 5.72. The Morgan fingerprint density at radius 1 is 1.00 bits per heavy atom. The third kappa shape index (κ3) is 15.7. The van der Waals surface area contributed by atoms with Crippen LogP contribution in [0, 0.1) is 5.41 Å². The first kappa shape index (κ1) is 16.4. The Hall–Kier alpha value is -1.06. The van der Waals surface area contributed by atoms with E-state index in [-0.39, 0.29) is 11.6 Å². The molecule has 0 bridgehead atoms. The zero-order chi connectivity index (χ0) is 12.9. The topological polar surface area (TPSA) is 63.6 Å². The smallest absolute Gasteiger partial charge is 0.308 e. The molecule has 0 aliphatic carbocycles. The minimum absolute atomic E-state index is 0.225. The molecule has 0 fully saturated rings. The molecule has 0 aromatic carbocycles. The molecule has 90 valence electrons. The predicted octanol–water partition coefficient (Wildman–Crippen LogP) is 2.47. The lowest BCUT2D eigenvalue weighted by atomic mass is 9.98. The Morgan fingerprint density at radius 3 is 1.27 bits per heavy atom. The molecule has 0 atom stereocenters. The predicted molar refractivity (Wildman–Crippen MR) is 58.6 cm³/mol. The van der Waals surface area contributed by atoms with Crippen LogP contribution in [-0.2, 0) is 14.3 Å². The molecule has 0 saturated carbocycles. The number of esters is 1. The van der Waals surface area contributed by atoms with Gasteiger partial charge in [0.2, 0.25) is 0 Å². The number of carboxylic acids is 1. The monoisotopic (exact) mass is 218 g/mol. The maximum atomic E-state index is 10.2. The lowest BCUT2D eigenvalue weighted by molar-refractivity contribution is -0.152. The van der Waals surface area contributed by atoms with E-state index in [0.29, 0.717) is 0 Å². The second-order valence-corrected chi connectivity index (χ2v) is 5.26. The van der Waals surface area contributed by atoms with Crippen molar-refractivity contribution in [3.05, 3.63) is 0 Å². The molecule has 15 heavy (non-hydrogen) atoms. The van der Waals surface area contributed by atoms with Crippen LogP contribution in [0.5, 0.6) is 0 Å². The first-order valence-corrected chi connectivity index (χ1v) is 4.79. The van der Waals surface area contributed by atoms with Crippen molar-refractivity contribution >= 4 is 11.9 Å². The van der Waals surface area contributed by atoms with Gasteiger partial charge >= 0.3 is 11.9 Å². The Kier molecular flexibility index (Phi) is 6.26. The van der Waals surface area contributed by atoms with Gasteiger partial charge in [-0.1, -0.05) is 0 Å². The third-order valence-electron chi connectivity index (χ3n) is 1.09. The number of hydrogen-bond donors (Lipinski definition) is 1. The fraction of sp³-hybridized carbons (Fsp3) is 0.818. The molecule has 0 aliphatic rings. The molecule has 0 unspecified atom stereocenters. The standard InChI is InChI=1S/C6H12O2.C5H10O2/c1-5(7)8-6(2,3)4;1-5(2,3)4(6)7/h1-4H3;1-3H3,(H,6,7). The minimum Gasteiger partial charge on any atom is -0.481 e. The molecule has 4 heteroatoms. The summed E-state index contributed by atoms with van der Waals surface area (Å²) in [5, 5.41) is 8.25. The quantitative estimate of drug-likeness (QED) is 0.634. The largest absolute Gasteiger partial charge is 0.481 e. The van der Waals surface area contributed by atoms with Gasteiger partial charge in [0.25, 0.3) is 0 Å². The molecule has 0 spiro atoms. The molecule has 0 rings (SSSR count). The van der Waals surface area contributed by atoms with E-state index in [2.05, 4.69) is 0 Å². The van der Waals surface area contributed by atoms with Gasteiger partial charge in [-0.15, -0.1) is 0 Å². The van der Waals surface area contributed by atoms with E-state index in [0.717, 1.165) is 0 Å².